The minimum absolute atomic E-state index is 0.0919. The van der Waals surface area contributed by atoms with Crippen LogP contribution < -0.4 is 4.90 Å². The Morgan fingerprint density at radius 1 is 1.03 bits per heavy atom. The number of rotatable bonds is 2. The number of carbonyl (C=O) groups excluding carboxylic acids is 1. The van der Waals surface area contributed by atoms with E-state index in [-0.39, 0.29) is 11.6 Å². The molecule has 0 saturated carbocycles. The summed E-state index contributed by atoms with van der Waals surface area (Å²) in [6.07, 6.45) is 4.00. The Morgan fingerprint density at radius 2 is 1.78 bits per heavy atom. The number of aromatic nitrogens is 4. The topological polar surface area (TPSA) is 75.9 Å². The molecule has 8 nitrogen and oxygen atoms in total. The summed E-state index contributed by atoms with van der Waals surface area (Å²) in [4.78, 5) is 25.1. The lowest BCUT2D eigenvalue weighted by Gasteiger charge is -2.37. The number of amides is 1. The molecule has 3 aliphatic heterocycles. The molecule has 166 valence electrons. The van der Waals surface area contributed by atoms with Gasteiger partial charge in [-0.2, -0.15) is 9.61 Å². The van der Waals surface area contributed by atoms with E-state index in [2.05, 4.69) is 15.1 Å². The minimum atomic E-state index is -0.979. The van der Waals surface area contributed by atoms with E-state index in [1.807, 2.05) is 4.90 Å². The second-order valence-corrected chi connectivity index (χ2v) is 8.46. The maximum Gasteiger partial charge on any atom is 0.257 e. The van der Waals surface area contributed by atoms with E-state index in [1.165, 1.54) is 23.0 Å². The van der Waals surface area contributed by atoms with Gasteiger partial charge in [-0.05, 0) is 30.5 Å². The number of fused-ring (bicyclic) bond motifs is 2. The van der Waals surface area contributed by atoms with Crippen LogP contribution in [0.5, 0.6) is 0 Å². The van der Waals surface area contributed by atoms with Crippen LogP contribution in [0.1, 0.15) is 37.3 Å². The summed E-state index contributed by atoms with van der Waals surface area (Å²) >= 11 is 0. The molecular weight excluding hydrogens is 425 g/mol. The fourth-order valence-electron chi connectivity index (χ4n) is 5.20. The van der Waals surface area contributed by atoms with E-state index in [0.717, 1.165) is 12.3 Å². The first-order valence-electron chi connectivity index (χ1n) is 10.5. The molecule has 2 atom stereocenters. The van der Waals surface area contributed by atoms with Crippen molar-refractivity contribution in [1.82, 2.24) is 24.5 Å². The third kappa shape index (κ3) is 2.80. The van der Waals surface area contributed by atoms with Gasteiger partial charge in [0, 0.05) is 32.0 Å². The molecule has 0 aliphatic carbocycles. The standard InChI is InChI=1S/C21H19F3N6O2/c22-13-7-12(8-14(23)9-13)16-1-2-17-29(16)19(31)21(32-17)3-5-28(6-4-21)20-25-10-15(24)18-26-11-27-30(18)20/h7-11,16-17H,1-6H2/t16-,17+/m0/s1. The highest BCUT2D eigenvalue weighted by molar-refractivity contribution is 5.88. The van der Waals surface area contributed by atoms with E-state index >= 15 is 0 Å². The average Bonchev–Trinajstić information content (AvgIpc) is 3.46. The van der Waals surface area contributed by atoms with Crippen LogP contribution in [0.25, 0.3) is 5.65 Å². The maximum absolute atomic E-state index is 13.9. The number of carbonyl (C=O) groups is 1. The van der Waals surface area contributed by atoms with E-state index in [0.29, 0.717) is 50.3 Å². The molecule has 3 saturated heterocycles. The Kier molecular flexibility index (Phi) is 4.19. The Hall–Kier alpha value is -3.21. The van der Waals surface area contributed by atoms with Gasteiger partial charge in [0.2, 0.25) is 5.95 Å². The van der Waals surface area contributed by atoms with Crippen LogP contribution in [0.4, 0.5) is 19.1 Å². The van der Waals surface area contributed by atoms with Crippen LogP contribution in [0.2, 0.25) is 0 Å². The van der Waals surface area contributed by atoms with Crippen molar-refractivity contribution in [2.75, 3.05) is 18.0 Å². The fourth-order valence-corrected chi connectivity index (χ4v) is 5.20. The Balaban J connectivity index is 1.24. The highest BCUT2D eigenvalue weighted by Gasteiger charge is 2.58. The minimum Gasteiger partial charge on any atom is -0.342 e. The van der Waals surface area contributed by atoms with Crippen LogP contribution in [-0.4, -0.2) is 55.3 Å². The third-order valence-corrected chi connectivity index (χ3v) is 6.69. The van der Waals surface area contributed by atoms with Crippen molar-refractivity contribution in [2.45, 2.75) is 43.6 Å². The first kappa shape index (κ1) is 19.5. The SMILES string of the molecule is O=C1N2[C@@H](CC[C@H]2c2cc(F)cc(F)c2)OC12CCN(c1ncc(F)c3ncnn13)CC2. The first-order chi connectivity index (χ1) is 15.4. The van der Waals surface area contributed by atoms with Gasteiger partial charge < -0.3 is 14.5 Å². The number of ether oxygens (including phenoxy) is 1. The fraction of sp³-hybridized carbons (Fsp3) is 0.429. The largest absolute Gasteiger partial charge is 0.342 e. The third-order valence-electron chi connectivity index (χ3n) is 6.69. The highest BCUT2D eigenvalue weighted by atomic mass is 19.1. The van der Waals surface area contributed by atoms with Gasteiger partial charge in [0.1, 0.15) is 24.2 Å². The zero-order chi connectivity index (χ0) is 22.0. The van der Waals surface area contributed by atoms with E-state index in [4.69, 9.17) is 4.74 Å². The van der Waals surface area contributed by atoms with Crippen molar-refractivity contribution in [3.05, 3.63) is 53.7 Å². The van der Waals surface area contributed by atoms with Gasteiger partial charge in [0.05, 0.1) is 12.2 Å². The zero-order valence-electron chi connectivity index (χ0n) is 16.9. The summed E-state index contributed by atoms with van der Waals surface area (Å²) in [5.74, 6) is -1.58. The zero-order valence-corrected chi connectivity index (χ0v) is 16.9. The van der Waals surface area contributed by atoms with Crippen molar-refractivity contribution in [3.8, 4) is 0 Å². The second-order valence-electron chi connectivity index (χ2n) is 8.46. The molecule has 11 heteroatoms. The molecule has 6 rings (SSSR count). The number of halogens is 3. The maximum atomic E-state index is 13.9. The molecule has 1 aromatic carbocycles. The average molecular weight is 444 g/mol. The van der Waals surface area contributed by atoms with Crippen LogP contribution in [0.3, 0.4) is 0 Å². The smallest absolute Gasteiger partial charge is 0.257 e. The van der Waals surface area contributed by atoms with Crippen LogP contribution in [0, 0.1) is 17.5 Å². The van der Waals surface area contributed by atoms with Gasteiger partial charge in [0.15, 0.2) is 17.1 Å². The van der Waals surface area contributed by atoms with Crippen LogP contribution in [-0.2, 0) is 9.53 Å². The quantitative estimate of drug-likeness (QED) is 0.605. The molecule has 1 spiro atoms. The molecule has 3 fully saturated rings. The summed E-state index contributed by atoms with van der Waals surface area (Å²) < 4.78 is 49.0. The number of piperidine rings is 1. The van der Waals surface area contributed by atoms with Crippen molar-refractivity contribution in [2.24, 2.45) is 0 Å². The summed E-state index contributed by atoms with van der Waals surface area (Å²) in [6, 6.07) is 2.97. The molecule has 32 heavy (non-hydrogen) atoms. The summed E-state index contributed by atoms with van der Waals surface area (Å²) in [7, 11) is 0. The molecule has 3 aliphatic rings. The van der Waals surface area contributed by atoms with Crippen molar-refractivity contribution < 1.29 is 22.7 Å². The van der Waals surface area contributed by atoms with E-state index in [1.54, 1.807) is 4.90 Å². The second kappa shape index (κ2) is 6.89. The summed E-state index contributed by atoms with van der Waals surface area (Å²) in [5.41, 5.74) is -0.442. The predicted octanol–water partition coefficient (Wildman–Crippen LogP) is 2.60. The lowest BCUT2D eigenvalue weighted by atomic mass is 9.89. The molecule has 0 N–H and O–H groups in total. The van der Waals surface area contributed by atoms with Crippen molar-refractivity contribution in [1.29, 1.82) is 0 Å². The van der Waals surface area contributed by atoms with Crippen LogP contribution in [0.15, 0.2) is 30.7 Å². The van der Waals surface area contributed by atoms with Gasteiger partial charge in [-0.1, -0.05) is 0 Å². The number of hydrogen-bond acceptors (Lipinski definition) is 6. The molecule has 0 unspecified atom stereocenters. The van der Waals surface area contributed by atoms with Crippen LogP contribution >= 0.6 is 0 Å². The molecule has 3 aromatic rings. The van der Waals surface area contributed by atoms with E-state index in [9.17, 15) is 18.0 Å². The van der Waals surface area contributed by atoms with Gasteiger partial charge in [-0.15, -0.1) is 0 Å². The number of hydrogen-bond donors (Lipinski definition) is 0. The number of nitrogens with zero attached hydrogens (tertiary/aromatic N) is 6. The molecule has 5 heterocycles. The van der Waals surface area contributed by atoms with Gasteiger partial charge in [0.25, 0.3) is 5.91 Å². The first-order valence-corrected chi connectivity index (χ1v) is 10.5. The highest BCUT2D eigenvalue weighted by Crippen LogP contribution is 2.48. The predicted molar refractivity (Wildman–Crippen MR) is 105 cm³/mol. The summed E-state index contributed by atoms with van der Waals surface area (Å²) in [5, 5.41) is 4.06. The normalized spacial score (nSPS) is 24.7. The Labute approximate surface area is 180 Å². The lowest BCUT2D eigenvalue weighted by Crippen LogP contribution is -2.51. The van der Waals surface area contributed by atoms with Gasteiger partial charge >= 0.3 is 0 Å². The molecule has 1 amide bonds. The molecule has 0 bridgehead atoms. The Morgan fingerprint density at radius 3 is 2.53 bits per heavy atom. The summed E-state index contributed by atoms with van der Waals surface area (Å²) in [6.45, 7) is 0.915. The van der Waals surface area contributed by atoms with Crippen molar-refractivity contribution in [3.63, 3.8) is 0 Å². The number of benzene rings is 1. The molecule has 0 radical (unpaired) electrons. The monoisotopic (exact) mass is 444 g/mol. The number of anilines is 1. The van der Waals surface area contributed by atoms with Crippen molar-refractivity contribution >= 4 is 17.5 Å². The lowest BCUT2D eigenvalue weighted by molar-refractivity contribution is -0.140. The molecular formula is C21H19F3N6O2. The van der Waals surface area contributed by atoms with Gasteiger partial charge in [-0.25, -0.2) is 23.1 Å². The van der Waals surface area contributed by atoms with E-state index < -0.39 is 35.3 Å². The molecule has 2 aromatic heterocycles. The Bertz CT molecular complexity index is 1210. The van der Waals surface area contributed by atoms with Gasteiger partial charge in [-0.3, -0.25) is 4.79 Å².